The van der Waals surface area contributed by atoms with E-state index < -0.39 is 0 Å². The van der Waals surface area contributed by atoms with Gasteiger partial charge in [-0.2, -0.15) is 4.98 Å². The highest BCUT2D eigenvalue weighted by Crippen LogP contribution is 2.33. The topological polar surface area (TPSA) is 85.0 Å². The minimum Gasteiger partial charge on any atom is -0.338 e. The molecule has 0 unspecified atom stereocenters. The van der Waals surface area contributed by atoms with Gasteiger partial charge in [0.05, 0.1) is 11.5 Å². The third-order valence-corrected chi connectivity index (χ3v) is 6.41. The molecule has 0 radical (unpaired) electrons. The average Bonchev–Trinajstić information content (AvgIpc) is 3.46. The summed E-state index contributed by atoms with van der Waals surface area (Å²) >= 11 is 1.73. The molecule has 7 nitrogen and oxygen atoms in total. The number of carbonyl (C=O) groups is 1. The van der Waals surface area contributed by atoms with E-state index in [1.807, 2.05) is 10.3 Å². The van der Waals surface area contributed by atoms with Crippen molar-refractivity contribution in [3.63, 3.8) is 0 Å². The van der Waals surface area contributed by atoms with Crippen LogP contribution in [-0.2, 0) is 12.8 Å². The molecule has 4 heterocycles. The van der Waals surface area contributed by atoms with Crippen LogP contribution in [0.15, 0.2) is 28.4 Å². The summed E-state index contributed by atoms with van der Waals surface area (Å²) in [4.78, 5) is 29.1. The van der Waals surface area contributed by atoms with E-state index in [-0.39, 0.29) is 11.8 Å². The summed E-state index contributed by atoms with van der Waals surface area (Å²) in [5.74, 6) is 1.60. The third-order valence-electron chi connectivity index (χ3n) is 5.32. The first-order valence-electron chi connectivity index (χ1n) is 9.29. The number of hydrogen-bond donors (Lipinski definition) is 0. The van der Waals surface area contributed by atoms with Gasteiger partial charge in [-0.05, 0) is 43.7 Å². The van der Waals surface area contributed by atoms with Gasteiger partial charge in [-0.1, -0.05) is 5.16 Å². The zero-order valence-corrected chi connectivity index (χ0v) is 15.6. The van der Waals surface area contributed by atoms with Crippen molar-refractivity contribution in [2.24, 2.45) is 0 Å². The molecule has 3 aromatic heterocycles. The predicted octanol–water partition coefficient (Wildman–Crippen LogP) is 3.10. The summed E-state index contributed by atoms with van der Waals surface area (Å²) in [7, 11) is 0. The van der Waals surface area contributed by atoms with E-state index in [2.05, 4.69) is 20.1 Å². The molecule has 2 aliphatic rings. The number of aryl methyl sites for hydroxylation is 1. The Morgan fingerprint density at radius 3 is 2.93 bits per heavy atom. The molecule has 8 heteroatoms. The molecule has 0 N–H and O–H groups in total. The summed E-state index contributed by atoms with van der Waals surface area (Å²) in [6.07, 6.45) is 8.68. The Kier molecular flexibility index (Phi) is 4.20. The first kappa shape index (κ1) is 16.6. The Hall–Kier alpha value is -2.61. The molecule has 0 aromatic carbocycles. The highest BCUT2D eigenvalue weighted by atomic mass is 32.1. The lowest BCUT2D eigenvalue weighted by atomic mass is 9.95. The molecular weight excluding hydrogens is 362 g/mol. The standard InChI is InChI=1S/C19H19N5O2S/c25-19(14-11-27-15-5-2-1-4-13(14)15)24-9-6-12(10-24)18-22-17(23-26-18)16-20-7-3-8-21-16/h3,7-8,11-12H,1-2,4-6,9-10H2/t12-/m1/s1. The van der Waals surface area contributed by atoms with Crippen LogP contribution >= 0.6 is 11.3 Å². The molecule has 0 bridgehead atoms. The highest BCUT2D eigenvalue weighted by Gasteiger charge is 2.33. The first-order valence-corrected chi connectivity index (χ1v) is 10.2. The Balaban J connectivity index is 1.31. The van der Waals surface area contributed by atoms with Crippen LogP contribution in [0, 0.1) is 0 Å². The van der Waals surface area contributed by atoms with E-state index in [4.69, 9.17) is 4.52 Å². The van der Waals surface area contributed by atoms with Gasteiger partial charge < -0.3 is 9.42 Å². The van der Waals surface area contributed by atoms with Gasteiger partial charge in [0, 0.05) is 35.7 Å². The second kappa shape index (κ2) is 6.84. The van der Waals surface area contributed by atoms with Crippen molar-refractivity contribution in [2.45, 2.75) is 38.0 Å². The summed E-state index contributed by atoms with van der Waals surface area (Å²) in [6, 6.07) is 1.74. The van der Waals surface area contributed by atoms with Crippen LogP contribution in [0.1, 0.15) is 51.9 Å². The van der Waals surface area contributed by atoms with E-state index in [0.29, 0.717) is 30.6 Å². The molecule has 138 valence electrons. The van der Waals surface area contributed by atoms with E-state index in [1.165, 1.54) is 23.3 Å². The van der Waals surface area contributed by atoms with E-state index in [1.54, 1.807) is 29.8 Å². The van der Waals surface area contributed by atoms with Crippen LogP contribution < -0.4 is 0 Å². The number of fused-ring (bicyclic) bond motifs is 1. The van der Waals surface area contributed by atoms with Gasteiger partial charge in [0.25, 0.3) is 5.91 Å². The van der Waals surface area contributed by atoms with Crippen LogP contribution in [0.5, 0.6) is 0 Å². The smallest absolute Gasteiger partial charge is 0.255 e. The Morgan fingerprint density at radius 2 is 2.04 bits per heavy atom. The molecule has 1 atom stereocenters. The van der Waals surface area contributed by atoms with Gasteiger partial charge >= 0.3 is 0 Å². The van der Waals surface area contributed by atoms with Crippen molar-refractivity contribution in [3.8, 4) is 11.6 Å². The lowest BCUT2D eigenvalue weighted by molar-refractivity contribution is 0.0789. The molecule has 1 fully saturated rings. The van der Waals surface area contributed by atoms with Crippen molar-refractivity contribution in [1.29, 1.82) is 0 Å². The zero-order valence-electron chi connectivity index (χ0n) is 14.8. The van der Waals surface area contributed by atoms with Crippen molar-refractivity contribution in [1.82, 2.24) is 25.0 Å². The number of aromatic nitrogens is 4. The molecule has 3 aromatic rings. The lowest BCUT2D eigenvalue weighted by Crippen LogP contribution is -2.29. The van der Waals surface area contributed by atoms with Crippen molar-refractivity contribution >= 4 is 17.2 Å². The Labute approximate surface area is 160 Å². The highest BCUT2D eigenvalue weighted by molar-refractivity contribution is 7.10. The number of carbonyl (C=O) groups excluding carboxylic acids is 1. The fourth-order valence-corrected chi connectivity index (χ4v) is 5.02. The van der Waals surface area contributed by atoms with Crippen LogP contribution in [0.3, 0.4) is 0 Å². The monoisotopic (exact) mass is 381 g/mol. The summed E-state index contributed by atoms with van der Waals surface area (Å²) in [6.45, 7) is 1.33. The fourth-order valence-electron chi connectivity index (χ4n) is 3.90. The first-order chi connectivity index (χ1) is 13.3. The van der Waals surface area contributed by atoms with Crippen LogP contribution in [0.2, 0.25) is 0 Å². The number of likely N-dealkylation sites (tertiary alicyclic amines) is 1. The second-order valence-electron chi connectivity index (χ2n) is 7.02. The second-order valence-corrected chi connectivity index (χ2v) is 7.99. The Morgan fingerprint density at radius 1 is 1.19 bits per heavy atom. The lowest BCUT2D eigenvalue weighted by Gasteiger charge is -2.18. The molecule has 5 rings (SSSR count). The van der Waals surface area contributed by atoms with Gasteiger partial charge in [-0.3, -0.25) is 4.79 Å². The van der Waals surface area contributed by atoms with Gasteiger partial charge in [-0.25, -0.2) is 9.97 Å². The molecule has 1 aliphatic carbocycles. The normalized spacial score (nSPS) is 19.3. The molecule has 1 saturated heterocycles. The molecule has 1 amide bonds. The van der Waals surface area contributed by atoms with Crippen LogP contribution in [-0.4, -0.2) is 44.0 Å². The summed E-state index contributed by atoms with van der Waals surface area (Å²) in [5, 5.41) is 6.04. The van der Waals surface area contributed by atoms with Crippen molar-refractivity contribution in [2.75, 3.05) is 13.1 Å². The number of nitrogens with zero attached hydrogens (tertiary/aromatic N) is 5. The number of hydrogen-bond acceptors (Lipinski definition) is 7. The van der Waals surface area contributed by atoms with Gasteiger partial charge in [0.1, 0.15) is 0 Å². The molecular formula is C19H19N5O2S. The van der Waals surface area contributed by atoms with Crippen LogP contribution in [0.4, 0.5) is 0 Å². The summed E-state index contributed by atoms with van der Waals surface area (Å²) < 4.78 is 5.44. The minimum absolute atomic E-state index is 0.0633. The largest absolute Gasteiger partial charge is 0.338 e. The minimum atomic E-state index is 0.0633. The van der Waals surface area contributed by atoms with Crippen LogP contribution in [0.25, 0.3) is 11.6 Å². The average molecular weight is 381 g/mol. The number of thiophene rings is 1. The third kappa shape index (κ3) is 3.03. The molecule has 0 saturated carbocycles. The fraction of sp³-hybridized carbons (Fsp3) is 0.421. The van der Waals surface area contributed by atoms with Crippen molar-refractivity contribution < 1.29 is 9.32 Å². The van der Waals surface area contributed by atoms with Crippen molar-refractivity contribution in [3.05, 3.63) is 45.7 Å². The van der Waals surface area contributed by atoms with Gasteiger partial charge in [-0.15, -0.1) is 11.3 Å². The maximum atomic E-state index is 13.0. The predicted molar refractivity (Wildman–Crippen MR) is 99.5 cm³/mol. The maximum Gasteiger partial charge on any atom is 0.255 e. The molecule has 0 spiro atoms. The zero-order chi connectivity index (χ0) is 18.2. The van der Waals surface area contributed by atoms with E-state index >= 15 is 0 Å². The number of rotatable bonds is 3. The Bertz CT molecular complexity index is 968. The number of amides is 1. The van der Waals surface area contributed by atoms with Gasteiger partial charge in [0.15, 0.2) is 0 Å². The van der Waals surface area contributed by atoms with Gasteiger partial charge in [0.2, 0.25) is 17.5 Å². The maximum absolute atomic E-state index is 13.0. The SMILES string of the molecule is O=C(c1csc2c1CCCC2)N1CC[C@@H](c2nc(-c3ncccn3)no2)C1. The molecule has 27 heavy (non-hydrogen) atoms. The summed E-state index contributed by atoms with van der Waals surface area (Å²) in [5.41, 5.74) is 2.18. The quantitative estimate of drug-likeness (QED) is 0.693. The van der Waals surface area contributed by atoms with E-state index in [0.717, 1.165) is 24.8 Å². The molecule has 1 aliphatic heterocycles. The van der Waals surface area contributed by atoms with E-state index in [9.17, 15) is 4.79 Å².